The van der Waals surface area contributed by atoms with Crippen molar-refractivity contribution < 1.29 is 14.3 Å². The molecule has 0 radical (unpaired) electrons. The van der Waals surface area contributed by atoms with Gasteiger partial charge in [-0.25, -0.2) is 4.79 Å². The molecule has 5 nitrogen and oxygen atoms in total. The Morgan fingerprint density at radius 3 is 2.40 bits per heavy atom. The molecule has 4 N–H and O–H groups in total. The molecule has 0 fully saturated rings. The maximum atomic E-state index is 11.9. The summed E-state index contributed by atoms with van der Waals surface area (Å²) in [5.41, 5.74) is 13.3. The summed E-state index contributed by atoms with van der Waals surface area (Å²) in [5, 5.41) is 0. The lowest BCUT2D eigenvalue weighted by Crippen LogP contribution is -2.07. The van der Waals surface area contributed by atoms with Gasteiger partial charge in [0, 0.05) is 16.9 Å². The Morgan fingerprint density at radius 1 is 1.10 bits per heavy atom. The zero-order valence-corrected chi connectivity index (χ0v) is 11.1. The highest BCUT2D eigenvalue weighted by Crippen LogP contribution is 2.20. The Bertz CT molecular complexity index is 606. The average molecular weight is 272 g/mol. The van der Waals surface area contributed by atoms with E-state index in [1.807, 2.05) is 24.3 Å². The van der Waals surface area contributed by atoms with Crippen LogP contribution in [0.4, 0.5) is 11.4 Å². The second-order valence-electron chi connectivity index (χ2n) is 4.28. The smallest absolute Gasteiger partial charge is 0.338 e. The summed E-state index contributed by atoms with van der Waals surface area (Å²) >= 11 is 0. The van der Waals surface area contributed by atoms with Gasteiger partial charge in [0.05, 0.1) is 12.7 Å². The number of para-hydroxylation sites is 1. The first-order valence-electron chi connectivity index (χ1n) is 6.05. The van der Waals surface area contributed by atoms with Crippen molar-refractivity contribution in [2.75, 3.05) is 18.6 Å². The largest absolute Gasteiger partial charge is 0.496 e. The maximum Gasteiger partial charge on any atom is 0.338 e. The number of benzene rings is 2. The normalized spacial score (nSPS) is 10.1. The number of nitrogen functional groups attached to an aromatic ring is 2. The molecule has 0 saturated carbocycles. The lowest BCUT2D eigenvalue weighted by molar-refractivity contribution is 0.0470. The molecule has 0 aliphatic rings. The van der Waals surface area contributed by atoms with Crippen molar-refractivity contribution >= 4 is 17.3 Å². The number of esters is 1. The fraction of sp³-hybridized carbons (Fsp3) is 0.133. The second kappa shape index (κ2) is 5.97. The van der Waals surface area contributed by atoms with Gasteiger partial charge in [0.2, 0.25) is 0 Å². The molecular weight excluding hydrogens is 256 g/mol. The van der Waals surface area contributed by atoms with Crippen LogP contribution in [0.3, 0.4) is 0 Å². The zero-order chi connectivity index (χ0) is 14.5. The van der Waals surface area contributed by atoms with Gasteiger partial charge < -0.3 is 20.9 Å². The highest BCUT2D eigenvalue weighted by atomic mass is 16.5. The molecule has 5 heteroatoms. The summed E-state index contributed by atoms with van der Waals surface area (Å²) in [6.45, 7) is 0.123. The van der Waals surface area contributed by atoms with E-state index in [0.29, 0.717) is 22.7 Å². The van der Waals surface area contributed by atoms with E-state index in [2.05, 4.69) is 0 Å². The quantitative estimate of drug-likeness (QED) is 0.658. The van der Waals surface area contributed by atoms with Crippen LogP contribution in [0.2, 0.25) is 0 Å². The maximum absolute atomic E-state index is 11.9. The Balaban J connectivity index is 2.08. The van der Waals surface area contributed by atoms with Crippen LogP contribution in [0, 0.1) is 0 Å². The number of carbonyl (C=O) groups is 1. The van der Waals surface area contributed by atoms with Crippen molar-refractivity contribution in [1.82, 2.24) is 0 Å². The van der Waals surface area contributed by atoms with Gasteiger partial charge in [0.1, 0.15) is 12.4 Å². The minimum absolute atomic E-state index is 0.123. The van der Waals surface area contributed by atoms with E-state index >= 15 is 0 Å². The fourth-order valence-electron chi connectivity index (χ4n) is 1.84. The topological polar surface area (TPSA) is 87.6 Å². The molecule has 0 atom stereocenters. The second-order valence-corrected chi connectivity index (χ2v) is 4.28. The standard InChI is InChI=1S/C15H16N2O3/c1-19-14-5-3-2-4-10(14)9-20-15(18)11-6-12(16)8-13(17)7-11/h2-8H,9,16-17H2,1H3. The third-order valence-electron chi connectivity index (χ3n) is 2.76. The first-order chi connectivity index (χ1) is 9.60. The van der Waals surface area contributed by atoms with Crippen molar-refractivity contribution in [2.24, 2.45) is 0 Å². The predicted molar refractivity (Wildman–Crippen MR) is 77.4 cm³/mol. The minimum Gasteiger partial charge on any atom is -0.496 e. The number of hydrogen-bond donors (Lipinski definition) is 2. The highest BCUT2D eigenvalue weighted by molar-refractivity contribution is 5.91. The summed E-state index contributed by atoms with van der Waals surface area (Å²) in [5.74, 6) is 0.197. The Labute approximate surface area is 117 Å². The molecule has 0 aliphatic heterocycles. The van der Waals surface area contributed by atoms with E-state index in [9.17, 15) is 4.79 Å². The van der Waals surface area contributed by atoms with E-state index in [1.54, 1.807) is 13.2 Å². The monoisotopic (exact) mass is 272 g/mol. The molecule has 20 heavy (non-hydrogen) atoms. The van der Waals surface area contributed by atoms with Crippen LogP contribution in [0.25, 0.3) is 0 Å². The Kier molecular flexibility index (Phi) is 4.10. The molecule has 2 aromatic carbocycles. The molecule has 0 amide bonds. The van der Waals surface area contributed by atoms with Crippen molar-refractivity contribution in [3.8, 4) is 5.75 Å². The molecule has 0 aromatic heterocycles. The molecule has 2 rings (SSSR count). The van der Waals surface area contributed by atoms with Gasteiger partial charge in [0.15, 0.2) is 0 Å². The third-order valence-corrected chi connectivity index (χ3v) is 2.76. The average Bonchev–Trinajstić information content (AvgIpc) is 2.44. The van der Waals surface area contributed by atoms with Crippen LogP contribution in [0.15, 0.2) is 42.5 Å². The molecular formula is C15H16N2O3. The lowest BCUT2D eigenvalue weighted by atomic mass is 10.2. The van der Waals surface area contributed by atoms with Gasteiger partial charge in [0.25, 0.3) is 0 Å². The van der Waals surface area contributed by atoms with E-state index in [0.717, 1.165) is 5.56 Å². The van der Waals surface area contributed by atoms with E-state index in [1.165, 1.54) is 12.1 Å². The van der Waals surface area contributed by atoms with E-state index in [4.69, 9.17) is 20.9 Å². The van der Waals surface area contributed by atoms with Gasteiger partial charge in [-0.1, -0.05) is 18.2 Å². The van der Waals surface area contributed by atoms with Crippen molar-refractivity contribution in [1.29, 1.82) is 0 Å². The Hall–Kier alpha value is -2.69. The molecule has 0 saturated heterocycles. The molecule has 0 unspecified atom stereocenters. The number of ether oxygens (including phenoxy) is 2. The molecule has 104 valence electrons. The van der Waals surface area contributed by atoms with E-state index < -0.39 is 5.97 Å². The first kappa shape index (κ1) is 13.7. The Morgan fingerprint density at radius 2 is 1.75 bits per heavy atom. The van der Waals surface area contributed by atoms with Crippen molar-refractivity contribution in [3.63, 3.8) is 0 Å². The summed E-state index contributed by atoms with van der Waals surface area (Å²) in [6, 6.07) is 12.0. The number of anilines is 2. The molecule has 0 spiro atoms. The van der Waals surface area contributed by atoms with Crippen LogP contribution in [0.5, 0.6) is 5.75 Å². The van der Waals surface area contributed by atoms with Crippen LogP contribution in [0.1, 0.15) is 15.9 Å². The van der Waals surface area contributed by atoms with Gasteiger partial charge in [-0.3, -0.25) is 0 Å². The number of rotatable bonds is 4. The minimum atomic E-state index is -0.477. The summed E-state index contributed by atoms with van der Waals surface area (Å²) in [4.78, 5) is 11.9. The van der Waals surface area contributed by atoms with Gasteiger partial charge in [-0.2, -0.15) is 0 Å². The van der Waals surface area contributed by atoms with E-state index in [-0.39, 0.29) is 6.61 Å². The number of methoxy groups -OCH3 is 1. The summed E-state index contributed by atoms with van der Waals surface area (Å²) in [7, 11) is 1.57. The van der Waals surface area contributed by atoms with Crippen molar-refractivity contribution in [3.05, 3.63) is 53.6 Å². The van der Waals surface area contributed by atoms with Gasteiger partial charge in [-0.05, 0) is 24.3 Å². The predicted octanol–water partition coefficient (Wildman–Crippen LogP) is 2.22. The highest BCUT2D eigenvalue weighted by Gasteiger charge is 2.10. The van der Waals surface area contributed by atoms with Crippen molar-refractivity contribution in [2.45, 2.75) is 6.61 Å². The van der Waals surface area contributed by atoms with Crippen LogP contribution in [-0.2, 0) is 11.3 Å². The number of carbonyl (C=O) groups excluding carboxylic acids is 1. The zero-order valence-electron chi connectivity index (χ0n) is 11.1. The van der Waals surface area contributed by atoms with Crippen LogP contribution >= 0.6 is 0 Å². The van der Waals surface area contributed by atoms with Crippen LogP contribution in [-0.4, -0.2) is 13.1 Å². The molecule has 0 bridgehead atoms. The van der Waals surface area contributed by atoms with Crippen LogP contribution < -0.4 is 16.2 Å². The molecule has 0 aliphatic carbocycles. The molecule has 2 aromatic rings. The SMILES string of the molecule is COc1ccccc1COC(=O)c1cc(N)cc(N)c1. The van der Waals surface area contributed by atoms with Gasteiger partial charge >= 0.3 is 5.97 Å². The summed E-state index contributed by atoms with van der Waals surface area (Å²) in [6.07, 6.45) is 0. The third kappa shape index (κ3) is 3.20. The number of nitrogens with two attached hydrogens (primary N) is 2. The summed E-state index contributed by atoms with van der Waals surface area (Å²) < 4.78 is 10.4. The first-order valence-corrected chi connectivity index (χ1v) is 6.05. The lowest BCUT2D eigenvalue weighted by Gasteiger charge is -2.09. The number of hydrogen-bond acceptors (Lipinski definition) is 5. The van der Waals surface area contributed by atoms with Gasteiger partial charge in [-0.15, -0.1) is 0 Å². The molecule has 0 heterocycles. The fourth-order valence-corrected chi connectivity index (χ4v) is 1.84.